The lowest BCUT2D eigenvalue weighted by molar-refractivity contribution is -0.120. The topological polar surface area (TPSA) is 63.1 Å². The van der Waals surface area contributed by atoms with E-state index in [0.717, 1.165) is 42.2 Å². The smallest absolute Gasteiger partial charge is 0.229 e. The van der Waals surface area contributed by atoms with Crippen LogP contribution in [0.4, 0.5) is 5.82 Å². The number of anilines is 1. The van der Waals surface area contributed by atoms with E-state index in [2.05, 4.69) is 36.9 Å². The number of hydrogen-bond acceptors (Lipinski definition) is 4. The van der Waals surface area contributed by atoms with Crippen LogP contribution < -0.4 is 5.32 Å². The Morgan fingerprint density at radius 1 is 1.21 bits per heavy atom. The first-order chi connectivity index (χ1) is 13.6. The van der Waals surface area contributed by atoms with Crippen molar-refractivity contribution >= 4 is 11.7 Å². The number of pyridine rings is 1. The summed E-state index contributed by atoms with van der Waals surface area (Å²) in [7, 11) is 4.04. The number of fused-ring (bicyclic) bond motifs is 1. The average Bonchev–Trinajstić information content (AvgIpc) is 3.11. The van der Waals surface area contributed by atoms with Crippen molar-refractivity contribution in [2.45, 2.75) is 25.9 Å². The highest BCUT2D eigenvalue weighted by Gasteiger charge is 2.27. The lowest BCUT2D eigenvalue weighted by atomic mass is 9.95. The Labute approximate surface area is 165 Å². The van der Waals surface area contributed by atoms with Gasteiger partial charge in [0.2, 0.25) is 5.91 Å². The molecule has 0 fully saturated rings. The van der Waals surface area contributed by atoms with Crippen LogP contribution in [-0.4, -0.2) is 39.4 Å². The monoisotopic (exact) mass is 375 g/mol. The van der Waals surface area contributed by atoms with E-state index in [1.807, 2.05) is 50.6 Å². The van der Waals surface area contributed by atoms with Crippen molar-refractivity contribution in [2.24, 2.45) is 5.92 Å². The Morgan fingerprint density at radius 3 is 2.82 bits per heavy atom. The molecule has 1 N–H and O–H groups in total. The second-order valence-corrected chi connectivity index (χ2v) is 7.56. The molecule has 0 aliphatic carbocycles. The normalized spacial score (nSPS) is 16.0. The fourth-order valence-electron chi connectivity index (χ4n) is 3.74. The zero-order valence-electron chi connectivity index (χ0n) is 16.3. The zero-order valence-corrected chi connectivity index (χ0v) is 16.3. The van der Waals surface area contributed by atoms with Crippen LogP contribution in [0.3, 0.4) is 0 Å². The van der Waals surface area contributed by atoms with E-state index in [0.29, 0.717) is 12.2 Å². The van der Waals surface area contributed by atoms with Crippen LogP contribution in [0.15, 0.2) is 54.9 Å². The van der Waals surface area contributed by atoms with Crippen LogP contribution >= 0.6 is 0 Å². The third-order valence-electron chi connectivity index (χ3n) is 5.07. The summed E-state index contributed by atoms with van der Waals surface area (Å²) in [4.78, 5) is 23.8. The Hall–Kier alpha value is -2.99. The number of aromatic nitrogens is 3. The molecule has 1 atom stereocenters. The van der Waals surface area contributed by atoms with Crippen LogP contribution in [0.2, 0.25) is 0 Å². The maximum absolute atomic E-state index is 12.8. The third kappa shape index (κ3) is 3.97. The first-order valence-corrected chi connectivity index (χ1v) is 9.60. The molecule has 1 amide bonds. The molecule has 0 radical (unpaired) electrons. The van der Waals surface area contributed by atoms with Gasteiger partial charge in [0.15, 0.2) is 0 Å². The standard InChI is InChI=1S/C22H25N5O/c1-26(2)15-16-8-10-23-20(12-16)25-22(28)18-9-11-27-19(13-18)14-24-21(27)17-6-4-3-5-7-17/h3-8,10,12,14,18H,9,11,13,15H2,1-2H3,(H,23,25,28)/t18-/m1/s1. The molecule has 3 aromatic rings. The SMILES string of the molecule is CN(C)Cc1ccnc(NC(=O)[C@@H]2CCn3c(cnc3-c3ccccc3)C2)c1. The molecule has 4 rings (SSSR count). The largest absolute Gasteiger partial charge is 0.328 e. The summed E-state index contributed by atoms with van der Waals surface area (Å²) in [5.74, 6) is 1.57. The molecule has 0 unspecified atom stereocenters. The van der Waals surface area contributed by atoms with E-state index in [-0.39, 0.29) is 11.8 Å². The molecule has 0 bridgehead atoms. The quantitative estimate of drug-likeness (QED) is 0.744. The predicted molar refractivity (Wildman–Crippen MR) is 110 cm³/mol. The van der Waals surface area contributed by atoms with Crippen molar-refractivity contribution in [3.05, 3.63) is 66.1 Å². The fraction of sp³-hybridized carbons (Fsp3) is 0.318. The van der Waals surface area contributed by atoms with Gasteiger partial charge in [0.1, 0.15) is 11.6 Å². The summed E-state index contributed by atoms with van der Waals surface area (Å²) in [6.07, 6.45) is 5.14. The zero-order chi connectivity index (χ0) is 19.5. The minimum absolute atomic E-state index is 0.0308. The van der Waals surface area contributed by atoms with Crippen molar-refractivity contribution in [3.8, 4) is 11.4 Å². The summed E-state index contributed by atoms with van der Waals surface area (Å²) >= 11 is 0. The van der Waals surface area contributed by atoms with Crippen molar-refractivity contribution in [3.63, 3.8) is 0 Å². The molecule has 1 aliphatic heterocycles. The van der Waals surface area contributed by atoms with Crippen molar-refractivity contribution in [1.82, 2.24) is 19.4 Å². The maximum Gasteiger partial charge on any atom is 0.229 e. The van der Waals surface area contributed by atoms with Gasteiger partial charge < -0.3 is 14.8 Å². The molecule has 0 saturated carbocycles. The van der Waals surface area contributed by atoms with E-state index < -0.39 is 0 Å². The molecule has 0 spiro atoms. The lowest BCUT2D eigenvalue weighted by Crippen LogP contribution is -2.30. The van der Waals surface area contributed by atoms with Crippen LogP contribution in [0.5, 0.6) is 0 Å². The molecule has 2 aromatic heterocycles. The maximum atomic E-state index is 12.8. The minimum Gasteiger partial charge on any atom is -0.328 e. The molecule has 0 saturated heterocycles. The van der Waals surface area contributed by atoms with Gasteiger partial charge in [0.25, 0.3) is 0 Å². The number of nitrogens with one attached hydrogen (secondary N) is 1. The summed E-state index contributed by atoms with van der Waals surface area (Å²) in [6, 6.07) is 14.1. The summed E-state index contributed by atoms with van der Waals surface area (Å²) in [5, 5.41) is 3.00. The molecular formula is C22H25N5O. The summed E-state index contributed by atoms with van der Waals surface area (Å²) < 4.78 is 2.23. The van der Waals surface area contributed by atoms with Gasteiger partial charge in [-0.2, -0.15) is 0 Å². The van der Waals surface area contributed by atoms with Crippen LogP contribution in [-0.2, 0) is 24.3 Å². The van der Waals surface area contributed by atoms with E-state index in [1.54, 1.807) is 6.20 Å². The number of carbonyl (C=O) groups is 1. The second kappa shape index (κ2) is 7.94. The first-order valence-electron chi connectivity index (χ1n) is 9.60. The molecule has 1 aromatic carbocycles. The summed E-state index contributed by atoms with van der Waals surface area (Å²) in [5.41, 5.74) is 3.35. The molecule has 6 nitrogen and oxygen atoms in total. The van der Waals surface area contributed by atoms with Crippen LogP contribution in [0, 0.1) is 5.92 Å². The molecule has 1 aliphatic rings. The van der Waals surface area contributed by atoms with Crippen molar-refractivity contribution < 1.29 is 4.79 Å². The number of nitrogens with zero attached hydrogens (tertiary/aromatic N) is 4. The second-order valence-electron chi connectivity index (χ2n) is 7.56. The number of rotatable bonds is 5. The third-order valence-corrected chi connectivity index (χ3v) is 5.07. The van der Waals surface area contributed by atoms with E-state index in [1.165, 1.54) is 0 Å². The van der Waals surface area contributed by atoms with Gasteiger partial charge in [-0.1, -0.05) is 30.3 Å². The average molecular weight is 375 g/mol. The fourth-order valence-corrected chi connectivity index (χ4v) is 3.74. The lowest BCUT2D eigenvalue weighted by Gasteiger charge is -2.24. The Kier molecular flexibility index (Phi) is 5.21. The van der Waals surface area contributed by atoms with Gasteiger partial charge in [-0.3, -0.25) is 4.79 Å². The highest BCUT2D eigenvalue weighted by atomic mass is 16.1. The van der Waals surface area contributed by atoms with Gasteiger partial charge >= 0.3 is 0 Å². The van der Waals surface area contributed by atoms with Crippen molar-refractivity contribution in [2.75, 3.05) is 19.4 Å². The first kappa shape index (κ1) is 18.4. The van der Waals surface area contributed by atoms with Gasteiger partial charge in [0.05, 0.1) is 0 Å². The predicted octanol–water partition coefficient (Wildman–Crippen LogP) is 3.21. The van der Waals surface area contributed by atoms with Crippen LogP contribution in [0.25, 0.3) is 11.4 Å². The Morgan fingerprint density at radius 2 is 2.04 bits per heavy atom. The number of amides is 1. The number of hydrogen-bond donors (Lipinski definition) is 1. The van der Waals surface area contributed by atoms with Crippen LogP contribution in [0.1, 0.15) is 17.7 Å². The molecular weight excluding hydrogens is 350 g/mol. The van der Waals surface area contributed by atoms with Gasteiger partial charge in [-0.05, 0) is 38.2 Å². The molecule has 6 heteroatoms. The Bertz CT molecular complexity index is 964. The minimum atomic E-state index is -0.0628. The number of imidazole rings is 1. The Balaban J connectivity index is 1.45. The highest BCUT2D eigenvalue weighted by Crippen LogP contribution is 2.27. The highest BCUT2D eigenvalue weighted by molar-refractivity contribution is 5.92. The molecule has 3 heterocycles. The van der Waals surface area contributed by atoms with E-state index in [9.17, 15) is 4.79 Å². The molecule has 144 valence electrons. The van der Waals surface area contributed by atoms with E-state index in [4.69, 9.17) is 0 Å². The number of carbonyl (C=O) groups excluding carboxylic acids is 1. The van der Waals surface area contributed by atoms with E-state index >= 15 is 0 Å². The van der Waals surface area contributed by atoms with Gasteiger partial charge in [0, 0.05) is 49.1 Å². The van der Waals surface area contributed by atoms with Crippen molar-refractivity contribution in [1.29, 1.82) is 0 Å². The van der Waals surface area contributed by atoms with Gasteiger partial charge in [-0.25, -0.2) is 9.97 Å². The molecule has 28 heavy (non-hydrogen) atoms. The van der Waals surface area contributed by atoms with Gasteiger partial charge in [-0.15, -0.1) is 0 Å². The number of benzene rings is 1. The summed E-state index contributed by atoms with van der Waals surface area (Å²) in [6.45, 7) is 1.61.